The molecule has 9 heteroatoms. The van der Waals surface area contributed by atoms with Crippen molar-refractivity contribution in [2.75, 3.05) is 31.1 Å². The van der Waals surface area contributed by atoms with Crippen LogP contribution in [0.15, 0.2) is 78.0 Å². The summed E-state index contributed by atoms with van der Waals surface area (Å²) < 4.78 is 0. The first-order valence-corrected chi connectivity index (χ1v) is 10.5. The first-order valence-electron chi connectivity index (χ1n) is 10.5. The van der Waals surface area contributed by atoms with Gasteiger partial charge >= 0.3 is 0 Å². The molecule has 164 valence electrons. The second-order valence-corrected chi connectivity index (χ2v) is 7.43. The van der Waals surface area contributed by atoms with E-state index < -0.39 is 0 Å². The van der Waals surface area contributed by atoms with E-state index in [1.165, 1.54) is 12.1 Å². The van der Waals surface area contributed by atoms with E-state index in [4.69, 9.17) is 4.99 Å². The summed E-state index contributed by atoms with van der Waals surface area (Å²) in [6.45, 7) is 4.29. The number of benzene rings is 2. The maximum Gasteiger partial charge on any atom is 0.269 e. The maximum atomic E-state index is 10.9. The lowest BCUT2D eigenvalue weighted by Crippen LogP contribution is -2.52. The van der Waals surface area contributed by atoms with Crippen LogP contribution in [0.3, 0.4) is 0 Å². The number of aliphatic imine (C=N–C) groups is 1. The van der Waals surface area contributed by atoms with E-state index in [1.807, 2.05) is 24.3 Å². The number of nitrogens with one attached hydrogen (secondary N) is 1. The van der Waals surface area contributed by atoms with E-state index in [0.29, 0.717) is 13.1 Å². The van der Waals surface area contributed by atoms with Gasteiger partial charge in [-0.1, -0.05) is 42.5 Å². The standard InChI is InChI=1S/C23H25N7O2/c31-30(32)21-9-7-20(8-10-21)18-27-23(26-17-19-5-2-1-3-6-19)29-15-13-28(14-16-29)22-24-11-4-12-25-22/h1-12H,13-18H2,(H,26,27). The summed E-state index contributed by atoms with van der Waals surface area (Å²) in [6, 6.07) is 18.5. The Morgan fingerprint density at radius 1 is 0.938 bits per heavy atom. The number of nitro benzene ring substituents is 1. The zero-order valence-corrected chi connectivity index (χ0v) is 17.7. The molecule has 1 aliphatic heterocycles. The molecule has 4 rings (SSSR count). The summed E-state index contributed by atoms with van der Waals surface area (Å²) in [7, 11) is 0. The zero-order valence-electron chi connectivity index (χ0n) is 17.7. The molecule has 0 bridgehead atoms. The van der Waals surface area contributed by atoms with Gasteiger partial charge in [-0.25, -0.2) is 15.0 Å². The van der Waals surface area contributed by atoms with Crippen molar-refractivity contribution >= 4 is 17.6 Å². The summed E-state index contributed by atoms with van der Waals surface area (Å²) in [4.78, 5) is 28.4. The molecule has 32 heavy (non-hydrogen) atoms. The van der Waals surface area contributed by atoms with Crippen LogP contribution in [0.5, 0.6) is 0 Å². The zero-order chi connectivity index (χ0) is 22.2. The largest absolute Gasteiger partial charge is 0.352 e. The summed E-state index contributed by atoms with van der Waals surface area (Å²) >= 11 is 0. The molecule has 0 saturated carbocycles. The fraction of sp³-hybridized carbons (Fsp3) is 0.261. The predicted molar refractivity (Wildman–Crippen MR) is 123 cm³/mol. The van der Waals surface area contributed by atoms with Crippen LogP contribution < -0.4 is 10.2 Å². The Hall–Kier alpha value is -4.01. The van der Waals surface area contributed by atoms with Crippen molar-refractivity contribution in [1.29, 1.82) is 0 Å². The molecular formula is C23H25N7O2. The van der Waals surface area contributed by atoms with Gasteiger partial charge in [0.15, 0.2) is 5.96 Å². The molecule has 0 spiro atoms. The molecule has 9 nitrogen and oxygen atoms in total. The Kier molecular flexibility index (Phi) is 6.86. The smallest absolute Gasteiger partial charge is 0.269 e. The highest BCUT2D eigenvalue weighted by Gasteiger charge is 2.21. The number of anilines is 1. The van der Waals surface area contributed by atoms with Gasteiger partial charge in [-0.15, -0.1) is 0 Å². The van der Waals surface area contributed by atoms with Gasteiger partial charge in [-0.2, -0.15) is 0 Å². The van der Waals surface area contributed by atoms with Crippen LogP contribution in [0.2, 0.25) is 0 Å². The lowest BCUT2D eigenvalue weighted by atomic mass is 10.2. The molecule has 2 aromatic carbocycles. The highest BCUT2D eigenvalue weighted by Crippen LogP contribution is 2.13. The number of non-ortho nitro benzene ring substituents is 1. The molecule has 0 radical (unpaired) electrons. The molecular weight excluding hydrogens is 406 g/mol. The summed E-state index contributed by atoms with van der Waals surface area (Å²) in [5.41, 5.74) is 2.18. The molecule has 2 heterocycles. The van der Waals surface area contributed by atoms with Crippen LogP contribution in [0.4, 0.5) is 11.6 Å². The Labute approximate surface area is 186 Å². The monoisotopic (exact) mass is 431 g/mol. The van der Waals surface area contributed by atoms with E-state index in [9.17, 15) is 10.1 Å². The third-order valence-corrected chi connectivity index (χ3v) is 5.27. The Morgan fingerprint density at radius 3 is 2.28 bits per heavy atom. The van der Waals surface area contributed by atoms with Gasteiger partial charge in [0.2, 0.25) is 5.95 Å². The fourth-order valence-corrected chi connectivity index (χ4v) is 3.51. The van der Waals surface area contributed by atoms with Crippen molar-refractivity contribution in [1.82, 2.24) is 20.2 Å². The van der Waals surface area contributed by atoms with Gasteiger partial charge in [-0.3, -0.25) is 10.1 Å². The van der Waals surface area contributed by atoms with E-state index in [2.05, 4.69) is 37.2 Å². The number of nitrogens with zero attached hydrogens (tertiary/aromatic N) is 6. The fourth-order valence-electron chi connectivity index (χ4n) is 3.51. The Balaban J connectivity index is 1.43. The molecule has 1 saturated heterocycles. The van der Waals surface area contributed by atoms with E-state index in [-0.39, 0.29) is 10.6 Å². The average molecular weight is 432 g/mol. The number of hydrogen-bond acceptors (Lipinski definition) is 6. The number of guanidine groups is 1. The number of rotatable bonds is 6. The highest BCUT2D eigenvalue weighted by molar-refractivity contribution is 5.80. The van der Waals surface area contributed by atoms with Crippen molar-refractivity contribution in [3.8, 4) is 0 Å². The first kappa shape index (κ1) is 21.2. The van der Waals surface area contributed by atoms with Crippen molar-refractivity contribution < 1.29 is 4.92 Å². The van der Waals surface area contributed by atoms with E-state index in [0.717, 1.165) is 49.2 Å². The van der Waals surface area contributed by atoms with Crippen LogP contribution in [0.25, 0.3) is 0 Å². The molecule has 0 aliphatic carbocycles. The summed E-state index contributed by atoms with van der Waals surface area (Å²) in [6.07, 6.45) is 3.51. The minimum Gasteiger partial charge on any atom is -0.352 e. The maximum absolute atomic E-state index is 10.9. The number of hydrogen-bond donors (Lipinski definition) is 1. The lowest BCUT2D eigenvalue weighted by molar-refractivity contribution is -0.384. The van der Waals surface area contributed by atoms with E-state index >= 15 is 0 Å². The summed E-state index contributed by atoms with van der Waals surface area (Å²) in [5, 5.41) is 14.3. The third-order valence-electron chi connectivity index (χ3n) is 5.27. The highest BCUT2D eigenvalue weighted by atomic mass is 16.6. The second kappa shape index (κ2) is 10.3. The lowest BCUT2D eigenvalue weighted by Gasteiger charge is -2.36. The van der Waals surface area contributed by atoms with Crippen LogP contribution in [-0.2, 0) is 13.1 Å². The van der Waals surface area contributed by atoms with Crippen LogP contribution in [-0.4, -0.2) is 51.9 Å². The number of piperazine rings is 1. The van der Waals surface area contributed by atoms with Gasteiger partial charge in [0.1, 0.15) is 0 Å². The topological polar surface area (TPSA) is 99.8 Å². The van der Waals surface area contributed by atoms with Crippen molar-refractivity contribution in [3.05, 3.63) is 94.3 Å². The minimum atomic E-state index is -0.389. The SMILES string of the molecule is O=[N+]([O-])c1ccc(CNC(=NCc2ccccc2)N2CCN(c3ncccn3)CC2)cc1. The Morgan fingerprint density at radius 2 is 1.62 bits per heavy atom. The van der Waals surface area contributed by atoms with Gasteiger partial charge < -0.3 is 15.1 Å². The van der Waals surface area contributed by atoms with Crippen molar-refractivity contribution in [2.24, 2.45) is 4.99 Å². The molecule has 0 unspecified atom stereocenters. The molecule has 1 aromatic heterocycles. The number of aromatic nitrogens is 2. The Bertz CT molecular complexity index is 1030. The average Bonchev–Trinajstić information content (AvgIpc) is 2.86. The quantitative estimate of drug-likeness (QED) is 0.277. The second-order valence-electron chi connectivity index (χ2n) is 7.43. The van der Waals surface area contributed by atoms with Gasteiger partial charge in [0.25, 0.3) is 5.69 Å². The van der Waals surface area contributed by atoms with Gasteiger partial charge in [0, 0.05) is 57.3 Å². The molecule has 1 fully saturated rings. The predicted octanol–water partition coefficient (Wildman–Crippen LogP) is 2.85. The molecule has 0 atom stereocenters. The molecule has 0 amide bonds. The van der Waals surface area contributed by atoms with Crippen molar-refractivity contribution in [3.63, 3.8) is 0 Å². The van der Waals surface area contributed by atoms with E-state index in [1.54, 1.807) is 24.5 Å². The molecule has 1 aliphatic rings. The summed E-state index contributed by atoms with van der Waals surface area (Å²) in [5.74, 6) is 1.56. The minimum absolute atomic E-state index is 0.0889. The van der Waals surface area contributed by atoms with Crippen LogP contribution in [0, 0.1) is 10.1 Å². The first-order chi connectivity index (χ1) is 15.7. The molecule has 1 N–H and O–H groups in total. The van der Waals surface area contributed by atoms with Crippen LogP contribution >= 0.6 is 0 Å². The van der Waals surface area contributed by atoms with Crippen LogP contribution in [0.1, 0.15) is 11.1 Å². The number of nitro groups is 1. The van der Waals surface area contributed by atoms with Gasteiger partial charge in [-0.05, 0) is 17.2 Å². The van der Waals surface area contributed by atoms with Crippen molar-refractivity contribution in [2.45, 2.75) is 13.1 Å². The third kappa shape index (κ3) is 5.57. The normalized spacial score (nSPS) is 14.3. The molecule has 3 aromatic rings. The van der Waals surface area contributed by atoms with Gasteiger partial charge in [0.05, 0.1) is 11.5 Å².